The van der Waals surface area contributed by atoms with E-state index in [-0.39, 0.29) is 11.5 Å². The Labute approximate surface area is 169 Å². The van der Waals surface area contributed by atoms with Crippen molar-refractivity contribution in [3.05, 3.63) is 53.3 Å². The molecule has 0 aromatic heterocycles. The highest BCUT2D eigenvalue weighted by atomic mass is 16.6. The quantitative estimate of drug-likeness (QED) is 0.682. The molecule has 152 valence electrons. The Bertz CT molecular complexity index is 962. The lowest BCUT2D eigenvalue weighted by Crippen LogP contribution is -2.33. The molecule has 0 spiro atoms. The molecule has 1 amide bonds. The summed E-state index contributed by atoms with van der Waals surface area (Å²) < 4.78 is 21.8. The number of rotatable bonds is 6. The van der Waals surface area contributed by atoms with Gasteiger partial charge in [0.25, 0.3) is 0 Å². The first kappa shape index (κ1) is 20.3. The monoisotopic (exact) mass is 397 g/mol. The molecule has 0 unspecified atom stereocenters. The molecule has 1 aliphatic heterocycles. The summed E-state index contributed by atoms with van der Waals surface area (Å²) in [5.41, 5.74) is 1.05. The lowest BCUT2D eigenvalue weighted by Gasteiger charge is -2.17. The SMILES string of the molecule is CCN(CC)C(=O)Oc1ccc2c(c1)O/C(=C/c1cccc(OC)c1OC)C2=O. The fourth-order valence-electron chi connectivity index (χ4n) is 3.04. The van der Waals surface area contributed by atoms with Crippen LogP contribution in [0.15, 0.2) is 42.2 Å². The van der Waals surface area contributed by atoms with Gasteiger partial charge in [0.2, 0.25) is 5.78 Å². The van der Waals surface area contributed by atoms with Crippen LogP contribution in [0.2, 0.25) is 0 Å². The Kier molecular flexibility index (Phi) is 6.07. The standard InChI is InChI=1S/C22H23NO6/c1-5-23(6-2)22(25)28-15-10-11-16-18(13-15)29-19(20(16)24)12-14-8-7-9-17(26-3)21(14)27-4/h7-13H,5-6H2,1-4H3/b19-12+. The van der Waals surface area contributed by atoms with E-state index in [9.17, 15) is 9.59 Å². The Balaban J connectivity index is 1.86. The normalized spacial score (nSPS) is 13.7. The molecule has 0 atom stereocenters. The van der Waals surface area contributed by atoms with Crippen LogP contribution >= 0.6 is 0 Å². The molecule has 0 aliphatic carbocycles. The van der Waals surface area contributed by atoms with Crippen LogP contribution in [0.4, 0.5) is 4.79 Å². The van der Waals surface area contributed by atoms with Gasteiger partial charge in [-0.3, -0.25) is 4.79 Å². The number of carbonyl (C=O) groups is 2. The molecule has 1 aliphatic rings. The average molecular weight is 397 g/mol. The zero-order chi connectivity index (χ0) is 21.0. The highest BCUT2D eigenvalue weighted by molar-refractivity contribution is 6.14. The molecule has 0 N–H and O–H groups in total. The Hall–Kier alpha value is -3.48. The number of ether oxygens (including phenoxy) is 4. The van der Waals surface area contributed by atoms with Gasteiger partial charge in [0.05, 0.1) is 19.8 Å². The highest BCUT2D eigenvalue weighted by Crippen LogP contribution is 2.37. The van der Waals surface area contributed by atoms with E-state index >= 15 is 0 Å². The second-order valence-electron chi connectivity index (χ2n) is 6.22. The second-order valence-corrected chi connectivity index (χ2v) is 6.22. The van der Waals surface area contributed by atoms with Crippen LogP contribution in [0, 0.1) is 0 Å². The van der Waals surface area contributed by atoms with Crippen molar-refractivity contribution in [2.24, 2.45) is 0 Å². The van der Waals surface area contributed by atoms with Crippen LogP contribution in [0.25, 0.3) is 6.08 Å². The first-order valence-corrected chi connectivity index (χ1v) is 9.28. The summed E-state index contributed by atoms with van der Waals surface area (Å²) in [6, 6.07) is 10.1. The number of hydrogen-bond donors (Lipinski definition) is 0. The highest BCUT2D eigenvalue weighted by Gasteiger charge is 2.28. The first-order valence-electron chi connectivity index (χ1n) is 9.28. The van der Waals surface area contributed by atoms with E-state index in [1.165, 1.54) is 13.2 Å². The lowest BCUT2D eigenvalue weighted by atomic mass is 10.1. The average Bonchev–Trinajstić information content (AvgIpc) is 3.03. The summed E-state index contributed by atoms with van der Waals surface area (Å²) >= 11 is 0. The van der Waals surface area contributed by atoms with Gasteiger partial charge in [-0.05, 0) is 38.1 Å². The van der Waals surface area contributed by atoms with Crippen LogP contribution in [0.3, 0.4) is 0 Å². The zero-order valence-electron chi connectivity index (χ0n) is 16.9. The minimum Gasteiger partial charge on any atom is -0.493 e. The molecule has 0 radical (unpaired) electrons. The van der Waals surface area contributed by atoms with E-state index in [1.807, 2.05) is 13.8 Å². The molecule has 0 saturated carbocycles. The number of Topliss-reactive ketones (excluding diaryl/α,β-unsaturated/α-hetero) is 1. The van der Waals surface area contributed by atoms with E-state index < -0.39 is 6.09 Å². The minimum atomic E-state index is -0.448. The van der Waals surface area contributed by atoms with Gasteiger partial charge in [-0.1, -0.05) is 12.1 Å². The van der Waals surface area contributed by atoms with Gasteiger partial charge >= 0.3 is 6.09 Å². The van der Waals surface area contributed by atoms with Gasteiger partial charge in [-0.2, -0.15) is 0 Å². The van der Waals surface area contributed by atoms with Crippen molar-refractivity contribution in [2.75, 3.05) is 27.3 Å². The predicted octanol–water partition coefficient (Wildman–Crippen LogP) is 4.16. The number of benzene rings is 2. The van der Waals surface area contributed by atoms with Gasteiger partial charge in [0.15, 0.2) is 17.3 Å². The molecule has 7 nitrogen and oxygen atoms in total. The van der Waals surface area contributed by atoms with Crippen LogP contribution < -0.4 is 18.9 Å². The summed E-state index contributed by atoms with van der Waals surface area (Å²) in [6.07, 6.45) is 1.15. The Morgan fingerprint density at radius 2 is 1.86 bits per heavy atom. The molecule has 1 heterocycles. The number of amides is 1. The molecule has 2 aromatic carbocycles. The third-order valence-electron chi connectivity index (χ3n) is 4.59. The van der Waals surface area contributed by atoms with Crippen LogP contribution in [-0.4, -0.2) is 44.1 Å². The summed E-state index contributed by atoms with van der Waals surface area (Å²) in [4.78, 5) is 26.4. The summed E-state index contributed by atoms with van der Waals surface area (Å²) in [6.45, 7) is 4.84. The number of nitrogens with zero attached hydrogens (tertiary/aromatic N) is 1. The van der Waals surface area contributed by atoms with Gasteiger partial charge in [0, 0.05) is 24.7 Å². The second kappa shape index (κ2) is 8.68. The van der Waals surface area contributed by atoms with Crippen molar-refractivity contribution in [2.45, 2.75) is 13.8 Å². The van der Waals surface area contributed by atoms with E-state index in [4.69, 9.17) is 18.9 Å². The van der Waals surface area contributed by atoms with Crippen LogP contribution in [0.1, 0.15) is 29.8 Å². The first-order chi connectivity index (χ1) is 14.0. The molecule has 3 rings (SSSR count). The van der Waals surface area contributed by atoms with Crippen molar-refractivity contribution in [3.8, 4) is 23.0 Å². The van der Waals surface area contributed by atoms with Crippen LogP contribution in [0.5, 0.6) is 23.0 Å². The molecule has 7 heteroatoms. The van der Waals surface area contributed by atoms with Crippen molar-refractivity contribution in [1.29, 1.82) is 0 Å². The van der Waals surface area contributed by atoms with Gasteiger partial charge in [-0.25, -0.2) is 4.79 Å². The third kappa shape index (κ3) is 4.03. The molecular formula is C22H23NO6. The van der Waals surface area contributed by atoms with Crippen LogP contribution in [-0.2, 0) is 0 Å². The molecule has 2 aromatic rings. The molecule has 0 fully saturated rings. The number of hydrogen-bond acceptors (Lipinski definition) is 6. The maximum absolute atomic E-state index is 12.7. The number of fused-ring (bicyclic) bond motifs is 1. The van der Waals surface area contributed by atoms with Crippen molar-refractivity contribution >= 4 is 18.0 Å². The van der Waals surface area contributed by atoms with Crippen molar-refractivity contribution in [3.63, 3.8) is 0 Å². The fraction of sp³-hybridized carbons (Fsp3) is 0.273. The fourth-order valence-corrected chi connectivity index (χ4v) is 3.04. The van der Waals surface area contributed by atoms with E-state index in [0.717, 1.165) is 0 Å². The topological polar surface area (TPSA) is 74.3 Å². The minimum absolute atomic E-state index is 0.152. The third-order valence-corrected chi connectivity index (χ3v) is 4.59. The molecular weight excluding hydrogens is 374 g/mol. The van der Waals surface area contributed by atoms with Gasteiger partial charge in [0.1, 0.15) is 11.5 Å². The van der Waals surface area contributed by atoms with E-state index in [1.54, 1.807) is 48.4 Å². The number of para-hydroxylation sites is 1. The van der Waals surface area contributed by atoms with E-state index in [0.29, 0.717) is 47.2 Å². The lowest BCUT2D eigenvalue weighted by molar-refractivity contribution is 0.101. The number of carbonyl (C=O) groups excluding carboxylic acids is 2. The number of ketones is 1. The van der Waals surface area contributed by atoms with Gasteiger partial charge in [-0.15, -0.1) is 0 Å². The summed E-state index contributed by atoms with van der Waals surface area (Å²) in [5, 5.41) is 0. The van der Waals surface area contributed by atoms with Gasteiger partial charge < -0.3 is 23.8 Å². The molecule has 29 heavy (non-hydrogen) atoms. The maximum Gasteiger partial charge on any atom is 0.415 e. The zero-order valence-corrected chi connectivity index (χ0v) is 16.9. The maximum atomic E-state index is 12.7. The smallest absolute Gasteiger partial charge is 0.415 e. The summed E-state index contributed by atoms with van der Waals surface area (Å²) in [5.74, 6) is 1.60. The molecule has 0 saturated heterocycles. The Morgan fingerprint density at radius 1 is 1.10 bits per heavy atom. The number of methoxy groups -OCH3 is 2. The van der Waals surface area contributed by atoms with Crippen molar-refractivity contribution in [1.82, 2.24) is 4.90 Å². The largest absolute Gasteiger partial charge is 0.493 e. The van der Waals surface area contributed by atoms with Crippen molar-refractivity contribution < 1.29 is 28.5 Å². The number of allylic oxidation sites excluding steroid dienone is 1. The van der Waals surface area contributed by atoms with E-state index in [2.05, 4.69) is 0 Å². The predicted molar refractivity (Wildman–Crippen MR) is 108 cm³/mol. The molecule has 0 bridgehead atoms. The summed E-state index contributed by atoms with van der Waals surface area (Å²) in [7, 11) is 3.07. The Morgan fingerprint density at radius 3 is 2.52 bits per heavy atom.